The molecule has 162 valence electrons. The van der Waals surface area contributed by atoms with Gasteiger partial charge in [-0.1, -0.05) is 30.3 Å². The summed E-state index contributed by atoms with van der Waals surface area (Å²) in [7, 11) is 0. The number of non-ortho nitro benzene ring substituents is 1. The van der Waals surface area contributed by atoms with E-state index in [1.54, 1.807) is 12.1 Å². The number of hydrogen-bond acceptors (Lipinski definition) is 8. The molecule has 9 nitrogen and oxygen atoms in total. The SMILES string of the molecule is O=[N+]([O-])c1cccc(-c2csc(Cc3nnc(N4CCOCC4)n3-c3ccccc3)n2)c1. The zero-order valence-electron chi connectivity index (χ0n) is 17.1. The Balaban J connectivity index is 1.47. The second-order valence-corrected chi connectivity index (χ2v) is 8.24. The number of rotatable bonds is 6. The fourth-order valence-corrected chi connectivity index (χ4v) is 4.47. The van der Waals surface area contributed by atoms with Crippen LogP contribution >= 0.6 is 11.3 Å². The molecular formula is C22H20N6O3S. The third kappa shape index (κ3) is 4.10. The lowest BCUT2D eigenvalue weighted by molar-refractivity contribution is -0.384. The number of para-hydroxylation sites is 1. The molecule has 3 heterocycles. The standard InChI is InChI=1S/C22H20N6O3S/c29-28(30)18-8-4-5-16(13-18)19-15-32-21(23-19)14-20-24-25-22(26-9-11-31-12-10-26)27(20)17-6-2-1-3-7-17/h1-8,13,15H,9-12,14H2. The first-order valence-corrected chi connectivity index (χ1v) is 11.1. The Kier molecular flexibility index (Phi) is 5.61. The van der Waals surface area contributed by atoms with Gasteiger partial charge in [-0.25, -0.2) is 4.98 Å². The van der Waals surface area contributed by atoms with Gasteiger partial charge in [0.25, 0.3) is 5.69 Å². The molecule has 1 fully saturated rings. The number of nitro benzene ring substituents is 1. The van der Waals surface area contributed by atoms with Crippen molar-refractivity contribution in [3.05, 3.63) is 80.9 Å². The topological polar surface area (TPSA) is 99.2 Å². The normalized spacial score (nSPS) is 13.9. The Hall–Kier alpha value is -3.63. The van der Waals surface area contributed by atoms with Gasteiger partial charge in [-0.05, 0) is 12.1 Å². The predicted molar refractivity (Wildman–Crippen MR) is 121 cm³/mol. The van der Waals surface area contributed by atoms with Crippen LogP contribution in [0.4, 0.5) is 11.6 Å². The summed E-state index contributed by atoms with van der Waals surface area (Å²) in [6.45, 7) is 2.85. The summed E-state index contributed by atoms with van der Waals surface area (Å²) in [5.41, 5.74) is 2.48. The minimum absolute atomic E-state index is 0.0519. The van der Waals surface area contributed by atoms with Crippen LogP contribution in [0.1, 0.15) is 10.8 Å². The second-order valence-electron chi connectivity index (χ2n) is 7.30. The van der Waals surface area contributed by atoms with Gasteiger partial charge in [0, 0.05) is 36.2 Å². The van der Waals surface area contributed by atoms with Crippen molar-refractivity contribution in [3.63, 3.8) is 0 Å². The Morgan fingerprint density at radius 3 is 2.66 bits per heavy atom. The number of benzene rings is 2. The summed E-state index contributed by atoms with van der Waals surface area (Å²) in [5.74, 6) is 1.59. The van der Waals surface area contributed by atoms with Gasteiger partial charge in [0.05, 0.1) is 35.9 Å². The Labute approximate surface area is 188 Å². The number of anilines is 1. The van der Waals surface area contributed by atoms with E-state index in [1.807, 2.05) is 41.8 Å². The molecule has 1 saturated heterocycles. The maximum absolute atomic E-state index is 11.1. The molecule has 0 spiro atoms. The van der Waals surface area contributed by atoms with Crippen LogP contribution < -0.4 is 4.90 Å². The van der Waals surface area contributed by atoms with Crippen LogP contribution in [0.25, 0.3) is 16.9 Å². The third-order valence-corrected chi connectivity index (χ3v) is 6.08. The van der Waals surface area contributed by atoms with Gasteiger partial charge >= 0.3 is 0 Å². The molecule has 10 heteroatoms. The van der Waals surface area contributed by atoms with E-state index in [4.69, 9.17) is 9.72 Å². The summed E-state index contributed by atoms with van der Waals surface area (Å²) in [6.07, 6.45) is 0.506. The molecule has 2 aromatic carbocycles. The molecule has 0 amide bonds. The van der Waals surface area contributed by atoms with Gasteiger partial charge in [0.1, 0.15) is 10.8 Å². The van der Waals surface area contributed by atoms with E-state index in [0.717, 1.165) is 41.1 Å². The molecule has 0 saturated carbocycles. The van der Waals surface area contributed by atoms with Crippen molar-refractivity contribution in [2.45, 2.75) is 6.42 Å². The largest absolute Gasteiger partial charge is 0.378 e. The zero-order valence-corrected chi connectivity index (χ0v) is 17.9. The molecule has 32 heavy (non-hydrogen) atoms. The molecule has 0 atom stereocenters. The fourth-order valence-electron chi connectivity index (χ4n) is 3.67. The van der Waals surface area contributed by atoms with Crippen LogP contribution in [0, 0.1) is 10.1 Å². The van der Waals surface area contributed by atoms with E-state index in [9.17, 15) is 10.1 Å². The maximum atomic E-state index is 11.1. The summed E-state index contributed by atoms with van der Waals surface area (Å²) in [5, 5.41) is 22.9. The molecule has 1 aliphatic heterocycles. The van der Waals surface area contributed by atoms with Gasteiger partial charge in [-0.15, -0.1) is 21.5 Å². The molecule has 4 aromatic rings. The number of morpholine rings is 1. The fraction of sp³-hybridized carbons (Fsp3) is 0.227. The van der Waals surface area contributed by atoms with Crippen molar-refractivity contribution in [1.82, 2.24) is 19.7 Å². The molecule has 5 rings (SSSR count). The van der Waals surface area contributed by atoms with Crippen LogP contribution in [0.15, 0.2) is 60.0 Å². The van der Waals surface area contributed by atoms with Crippen LogP contribution in [-0.4, -0.2) is 51.0 Å². The third-order valence-electron chi connectivity index (χ3n) is 5.24. The highest BCUT2D eigenvalue weighted by Gasteiger charge is 2.22. The van der Waals surface area contributed by atoms with E-state index < -0.39 is 4.92 Å². The second kappa shape index (κ2) is 8.85. The highest BCUT2D eigenvalue weighted by molar-refractivity contribution is 7.10. The van der Waals surface area contributed by atoms with Crippen molar-refractivity contribution >= 4 is 23.0 Å². The van der Waals surface area contributed by atoms with Crippen molar-refractivity contribution < 1.29 is 9.66 Å². The Bertz CT molecular complexity index is 1230. The van der Waals surface area contributed by atoms with Crippen LogP contribution in [0.5, 0.6) is 0 Å². The molecule has 0 bridgehead atoms. The van der Waals surface area contributed by atoms with E-state index in [1.165, 1.54) is 17.4 Å². The molecular weight excluding hydrogens is 428 g/mol. The molecule has 0 radical (unpaired) electrons. The number of thiazole rings is 1. The first-order chi connectivity index (χ1) is 15.7. The van der Waals surface area contributed by atoms with E-state index in [-0.39, 0.29) is 5.69 Å². The van der Waals surface area contributed by atoms with E-state index in [0.29, 0.717) is 25.3 Å². The zero-order chi connectivity index (χ0) is 21.9. The maximum Gasteiger partial charge on any atom is 0.270 e. The number of hydrogen-bond donors (Lipinski definition) is 0. The first kappa shape index (κ1) is 20.3. The monoisotopic (exact) mass is 448 g/mol. The minimum Gasteiger partial charge on any atom is -0.378 e. The molecule has 1 aliphatic rings. The smallest absolute Gasteiger partial charge is 0.270 e. The Morgan fingerprint density at radius 1 is 1.06 bits per heavy atom. The van der Waals surface area contributed by atoms with Gasteiger partial charge < -0.3 is 9.64 Å². The van der Waals surface area contributed by atoms with Gasteiger partial charge in [-0.3, -0.25) is 14.7 Å². The lowest BCUT2D eigenvalue weighted by Gasteiger charge is -2.28. The Morgan fingerprint density at radius 2 is 1.88 bits per heavy atom. The van der Waals surface area contributed by atoms with Crippen molar-refractivity contribution in [1.29, 1.82) is 0 Å². The number of aromatic nitrogens is 4. The number of nitrogens with zero attached hydrogens (tertiary/aromatic N) is 6. The van der Waals surface area contributed by atoms with Crippen molar-refractivity contribution in [3.8, 4) is 16.9 Å². The first-order valence-electron chi connectivity index (χ1n) is 10.2. The van der Waals surface area contributed by atoms with Crippen LogP contribution in [0.3, 0.4) is 0 Å². The van der Waals surface area contributed by atoms with Crippen molar-refractivity contribution in [2.75, 3.05) is 31.2 Å². The van der Waals surface area contributed by atoms with Gasteiger partial charge in [-0.2, -0.15) is 0 Å². The molecule has 0 N–H and O–H groups in total. The highest BCUT2D eigenvalue weighted by atomic mass is 32.1. The van der Waals surface area contributed by atoms with E-state index >= 15 is 0 Å². The van der Waals surface area contributed by atoms with Gasteiger partial charge in [0.2, 0.25) is 5.95 Å². The number of ether oxygens (including phenoxy) is 1. The van der Waals surface area contributed by atoms with E-state index in [2.05, 4.69) is 19.7 Å². The lowest BCUT2D eigenvalue weighted by atomic mass is 10.1. The molecule has 0 aliphatic carbocycles. The van der Waals surface area contributed by atoms with Gasteiger partial charge in [0.15, 0.2) is 0 Å². The van der Waals surface area contributed by atoms with Crippen molar-refractivity contribution in [2.24, 2.45) is 0 Å². The van der Waals surface area contributed by atoms with Crippen LogP contribution in [0.2, 0.25) is 0 Å². The summed E-state index contributed by atoms with van der Waals surface area (Å²) in [4.78, 5) is 17.6. The predicted octanol–water partition coefficient (Wildman–Crippen LogP) is 3.73. The summed E-state index contributed by atoms with van der Waals surface area (Å²) < 4.78 is 7.56. The molecule has 2 aromatic heterocycles. The quantitative estimate of drug-likeness (QED) is 0.327. The summed E-state index contributed by atoms with van der Waals surface area (Å²) >= 11 is 1.51. The summed E-state index contributed by atoms with van der Waals surface area (Å²) in [6, 6.07) is 16.6. The van der Waals surface area contributed by atoms with Crippen LogP contribution in [-0.2, 0) is 11.2 Å². The molecule has 0 unspecified atom stereocenters. The average Bonchev–Trinajstić information content (AvgIpc) is 3.48. The highest BCUT2D eigenvalue weighted by Crippen LogP contribution is 2.28. The number of nitro groups is 1. The average molecular weight is 449 g/mol. The minimum atomic E-state index is -0.397. The lowest BCUT2D eigenvalue weighted by Crippen LogP contribution is -2.38.